The van der Waals surface area contributed by atoms with Gasteiger partial charge in [-0.2, -0.15) is 0 Å². The van der Waals surface area contributed by atoms with Crippen LogP contribution in [0.25, 0.3) is 0 Å². The van der Waals surface area contributed by atoms with Crippen LogP contribution in [0.15, 0.2) is 0 Å². The van der Waals surface area contributed by atoms with Crippen LogP contribution in [0.4, 0.5) is 0 Å². The summed E-state index contributed by atoms with van der Waals surface area (Å²) in [4.78, 5) is 0. The van der Waals surface area contributed by atoms with Gasteiger partial charge in [0.2, 0.25) is 0 Å². The average Bonchev–Trinajstić information content (AvgIpc) is 1.87. The van der Waals surface area contributed by atoms with Crippen LogP contribution in [0.3, 0.4) is 0 Å². The maximum atomic E-state index is 5.23. The van der Waals surface area contributed by atoms with Crippen LogP contribution >= 0.6 is 0 Å². The van der Waals surface area contributed by atoms with Gasteiger partial charge >= 0.3 is 0 Å². The molecule has 1 unspecified atom stereocenters. The first-order chi connectivity index (χ1) is 4.52. The second-order valence-electron chi connectivity index (χ2n) is 2.80. The van der Waals surface area contributed by atoms with Crippen LogP contribution in [0.2, 0.25) is 0 Å². The highest BCUT2D eigenvalue weighted by molar-refractivity contribution is 5.11. The van der Waals surface area contributed by atoms with Gasteiger partial charge < -0.3 is 0 Å². The summed E-state index contributed by atoms with van der Waals surface area (Å²) in [6.45, 7) is 5.74. The Morgan fingerprint density at radius 3 is 2.20 bits per heavy atom. The quantitative estimate of drug-likeness (QED) is 0.557. The normalized spacial score (nSPS) is 13.3. The molecule has 0 bridgehead atoms. The topological polar surface area (TPSA) is 12.0 Å². The van der Waals surface area contributed by atoms with E-state index >= 15 is 0 Å². The van der Waals surface area contributed by atoms with E-state index in [9.17, 15) is 0 Å². The van der Waals surface area contributed by atoms with Crippen molar-refractivity contribution in [3.05, 3.63) is 0 Å². The standard InChI is InChI=1S/C9H13N/c1-6-8(3)10-9(4,5)7-2/h1-2,8,10H,3-5H3. The maximum absolute atomic E-state index is 5.23. The van der Waals surface area contributed by atoms with Crippen LogP contribution in [-0.2, 0) is 0 Å². The van der Waals surface area contributed by atoms with E-state index in [0.717, 1.165) is 0 Å². The van der Waals surface area contributed by atoms with Gasteiger partial charge in [-0.05, 0) is 20.8 Å². The molecule has 54 valence electrons. The molecule has 1 heteroatoms. The molecule has 10 heavy (non-hydrogen) atoms. The zero-order valence-electron chi connectivity index (χ0n) is 6.73. The van der Waals surface area contributed by atoms with Crippen LogP contribution in [-0.4, -0.2) is 11.6 Å². The fourth-order valence-corrected chi connectivity index (χ4v) is 0.625. The zero-order valence-corrected chi connectivity index (χ0v) is 6.73. The minimum atomic E-state index is -0.300. The van der Waals surface area contributed by atoms with Crippen LogP contribution in [0, 0.1) is 24.7 Å². The lowest BCUT2D eigenvalue weighted by Gasteiger charge is -2.21. The second kappa shape index (κ2) is 3.30. The predicted octanol–water partition coefficient (Wildman–Crippen LogP) is 1.01. The molecule has 1 nitrogen and oxygen atoms in total. The molecule has 0 radical (unpaired) electrons. The first-order valence-electron chi connectivity index (χ1n) is 3.23. The first kappa shape index (κ1) is 9.08. The van der Waals surface area contributed by atoms with Crippen molar-refractivity contribution >= 4 is 0 Å². The van der Waals surface area contributed by atoms with Gasteiger partial charge in [0.05, 0.1) is 11.6 Å². The van der Waals surface area contributed by atoms with E-state index in [-0.39, 0.29) is 11.6 Å². The second-order valence-corrected chi connectivity index (χ2v) is 2.80. The van der Waals surface area contributed by atoms with Crippen molar-refractivity contribution in [2.24, 2.45) is 0 Å². The van der Waals surface area contributed by atoms with Crippen molar-refractivity contribution in [2.45, 2.75) is 32.4 Å². The SMILES string of the molecule is C#CC(C)NC(C)(C)C#C. The van der Waals surface area contributed by atoms with Crippen molar-refractivity contribution in [2.75, 3.05) is 0 Å². The number of nitrogens with one attached hydrogen (secondary N) is 1. The minimum Gasteiger partial charge on any atom is -0.288 e. The number of terminal acetylenes is 2. The van der Waals surface area contributed by atoms with Crippen molar-refractivity contribution in [1.82, 2.24) is 5.32 Å². The summed E-state index contributed by atoms with van der Waals surface area (Å²) in [6, 6.07) is 0.0334. The summed E-state index contributed by atoms with van der Waals surface area (Å²) in [5.41, 5.74) is -0.300. The monoisotopic (exact) mass is 135 g/mol. The van der Waals surface area contributed by atoms with Gasteiger partial charge in [-0.1, -0.05) is 11.8 Å². The first-order valence-corrected chi connectivity index (χ1v) is 3.23. The fraction of sp³-hybridized carbons (Fsp3) is 0.556. The maximum Gasteiger partial charge on any atom is 0.0750 e. The van der Waals surface area contributed by atoms with Crippen LogP contribution < -0.4 is 5.32 Å². The molecule has 1 atom stereocenters. The third-order valence-electron chi connectivity index (χ3n) is 1.19. The third-order valence-corrected chi connectivity index (χ3v) is 1.19. The Bertz CT molecular complexity index is 178. The minimum absolute atomic E-state index is 0.0334. The van der Waals surface area contributed by atoms with Gasteiger partial charge in [-0.3, -0.25) is 5.32 Å². The van der Waals surface area contributed by atoms with E-state index in [4.69, 9.17) is 12.8 Å². The summed E-state index contributed by atoms with van der Waals surface area (Å²) < 4.78 is 0. The van der Waals surface area contributed by atoms with Crippen molar-refractivity contribution in [3.8, 4) is 24.7 Å². The van der Waals surface area contributed by atoms with Gasteiger partial charge in [0.1, 0.15) is 0 Å². The van der Waals surface area contributed by atoms with E-state index < -0.39 is 0 Å². The molecule has 0 aromatic rings. The Morgan fingerprint density at radius 2 is 1.90 bits per heavy atom. The lowest BCUT2D eigenvalue weighted by molar-refractivity contribution is 0.471. The van der Waals surface area contributed by atoms with E-state index in [2.05, 4.69) is 17.2 Å². The summed E-state index contributed by atoms with van der Waals surface area (Å²) in [7, 11) is 0. The van der Waals surface area contributed by atoms with Crippen molar-refractivity contribution in [1.29, 1.82) is 0 Å². The lowest BCUT2D eigenvalue weighted by atomic mass is 10.1. The Kier molecular flexibility index (Phi) is 3.00. The zero-order chi connectivity index (χ0) is 8.20. The Labute approximate surface area is 63.2 Å². The smallest absolute Gasteiger partial charge is 0.0750 e. The number of hydrogen-bond acceptors (Lipinski definition) is 1. The highest BCUT2D eigenvalue weighted by Crippen LogP contribution is 1.99. The van der Waals surface area contributed by atoms with Crippen LogP contribution in [0.1, 0.15) is 20.8 Å². The molecule has 0 rings (SSSR count). The van der Waals surface area contributed by atoms with Gasteiger partial charge in [0, 0.05) is 0 Å². The average molecular weight is 135 g/mol. The number of hydrogen-bond donors (Lipinski definition) is 1. The van der Waals surface area contributed by atoms with E-state index in [1.165, 1.54) is 0 Å². The van der Waals surface area contributed by atoms with E-state index in [0.29, 0.717) is 0 Å². The van der Waals surface area contributed by atoms with E-state index in [1.54, 1.807) is 0 Å². The molecular weight excluding hydrogens is 122 g/mol. The molecule has 0 saturated heterocycles. The predicted molar refractivity (Wildman–Crippen MR) is 44.3 cm³/mol. The van der Waals surface area contributed by atoms with Gasteiger partial charge in [-0.25, -0.2) is 0 Å². The molecule has 0 aromatic heterocycles. The Balaban J connectivity index is 3.95. The fourth-order valence-electron chi connectivity index (χ4n) is 0.625. The molecule has 0 heterocycles. The van der Waals surface area contributed by atoms with Gasteiger partial charge in [-0.15, -0.1) is 12.8 Å². The third kappa shape index (κ3) is 3.17. The molecule has 0 aliphatic carbocycles. The van der Waals surface area contributed by atoms with Gasteiger partial charge in [0.15, 0.2) is 0 Å². The molecule has 0 amide bonds. The van der Waals surface area contributed by atoms with Gasteiger partial charge in [0.25, 0.3) is 0 Å². The molecule has 0 aromatic carbocycles. The lowest BCUT2D eigenvalue weighted by Crippen LogP contribution is -2.42. The molecule has 0 fully saturated rings. The summed E-state index contributed by atoms with van der Waals surface area (Å²) in [5, 5.41) is 3.08. The molecule has 0 saturated carbocycles. The summed E-state index contributed by atoms with van der Waals surface area (Å²) in [6.07, 6.45) is 10.4. The Morgan fingerprint density at radius 1 is 1.40 bits per heavy atom. The van der Waals surface area contributed by atoms with Crippen LogP contribution in [0.5, 0.6) is 0 Å². The molecule has 0 spiro atoms. The highest BCUT2D eigenvalue weighted by atomic mass is 15.0. The van der Waals surface area contributed by atoms with Crippen molar-refractivity contribution < 1.29 is 0 Å². The number of rotatable bonds is 2. The molecule has 1 N–H and O–H groups in total. The molecular formula is C9H13N. The highest BCUT2D eigenvalue weighted by Gasteiger charge is 2.14. The summed E-state index contributed by atoms with van der Waals surface area (Å²) in [5.74, 6) is 5.15. The molecule has 0 aliphatic heterocycles. The molecule has 0 aliphatic rings. The van der Waals surface area contributed by atoms with E-state index in [1.807, 2.05) is 20.8 Å². The Hall–Kier alpha value is -0.920. The van der Waals surface area contributed by atoms with Crippen molar-refractivity contribution in [3.63, 3.8) is 0 Å². The largest absolute Gasteiger partial charge is 0.288 e. The summed E-state index contributed by atoms with van der Waals surface area (Å²) >= 11 is 0.